The van der Waals surface area contributed by atoms with Crippen LogP contribution in [0.15, 0.2) is 63.2 Å². The van der Waals surface area contributed by atoms with Gasteiger partial charge in [-0.3, -0.25) is 4.79 Å². The maximum absolute atomic E-state index is 12.8. The molecule has 0 fully saturated rings. The number of aromatic amines is 1. The van der Waals surface area contributed by atoms with Crippen molar-refractivity contribution in [3.05, 3.63) is 63.9 Å². The van der Waals surface area contributed by atoms with Crippen LogP contribution in [0.25, 0.3) is 16.6 Å². The van der Waals surface area contributed by atoms with Crippen molar-refractivity contribution in [1.29, 1.82) is 0 Å². The van der Waals surface area contributed by atoms with Gasteiger partial charge in [0.15, 0.2) is 5.65 Å². The van der Waals surface area contributed by atoms with Gasteiger partial charge in [-0.15, -0.1) is 5.10 Å². The topological polar surface area (TPSA) is 97.2 Å². The maximum Gasteiger partial charge on any atom is 0.259 e. The van der Waals surface area contributed by atoms with Crippen molar-refractivity contribution in [2.75, 3.05) is 0 Å². The molecule has 0 aliphatic rings. The van der Waals surface area contributed by atoms with Crippen LogP contribution < -0.4 is 5.56 Å². The van der Waals surface area contributed by atoms with Crippen LogP contribution in [0.2, 0.25) is 5.02 Å². The average Bonchev–Trinajstić information content (AvgIpc) is 3.00. The molecule has 0 saturated carbocycles. The quantitative estimate of drug-likeness (QED) is 0.590. The van der Waals surface area contributed by atoms with E-state index in [0.717, 1.165) is 0 Å². The van der Waals surface area contributed by atoms with E-state index in [1.165, 1.54) is 22.7 Å². The molecule has 24 heavy (non-hydrogen) atoms. The van der Waals surface area contributed by atoms with E-state index in [1.54, 1.807) is 30.3 Å². The van der Waals surface area contributed by atoms with Gasteiger partial charge in [-0.2, -0.15) is 4.52 Å². The van der Waals surface area contributed by atoms with Crippen LogP contribution in [0, 0.1) is 0 Å². The van der Waals surface area contributed by atoms with Crippen molar-refractivity contribution in [2.45, 2.75) is 9.92 Å². The zero-order valence-electron chi connectivity index (χ0n) is 12.0. The molecule has 4 aromatic rings. The number of H-pyrrole nitrogens is 1. The number of benzene rings is 2. The first kappa shape index (κ1) is 14.9. The third kappa shape index (κ3) is 2.11. The number of hydrogen-bond donors (Lipinski definition) is 1. The summed E-state index contributed by atoms with van der Waals surface area (Å²) < 4.78 is 26.8. The summed E-state index contributed by atoms with van der Waals surface area (Å²) in [5, 5.41) is 8.05. The van der Waals surface area contributed by atoms with Crippen LogP contribution in [-0.4, -0.2) is 28.2 Å². The summed E-state index contributed by atoms with van der Waals surface area (Å²) in [7, 11) is -3.91. The SMILES string of the molecule is O=c1[nH]c2c(S(=O)(=O)c3ccccc3)nnn2c2ccc(Cl)cc12. The largest absolute Gasteiger partial charge is 0.304 e. The van der Waals surface area contributed by atoms with Gasteiger partial charge in [0, 0.05) is 5.02 Å². The van der Waals surface area contributed by atoms with Gasteiger partial charge in [0.1, 0.15) is 0 Å². The molecule has 2 heterocycles. The second-order valence-electron chi connectivity index (χ2n) is 5.09. The fourth-order valence-electron chi connectivity index (χ4n) is 2.49. The van der Waals surface area contributed by atoms with Crippen molar-refractivity contribution >= 4 is 38.0 Å². The van der Waals surface area contributed by atoms with Crippen LogP contribution in [0.1, 0.15) is 0 Å². The summed E-state index contributed by atoms with van der Waals surface area (Å²) in [6, 6.07) is 12.5. The van der Waals surface area contributed by atoms with E-state index < -0.39 is 15.4 Å². The Morgan fingerprint density at radius 2 is 1.83 bits per heavy atom. The molecule has 0 amide bonds. The molecule has 0 saturated heterocycles. The molecule has 0 radical (unpaired) electrons. The van der Waals surface area contributed by atoms with Gasteiger partial charge in [-0.05, 0) is 30.3 Å². The van der Waals surface area contributed by atoms with Crippen molar-refractivity contribution in [3.8, 4) is 0 Å². The molecule has 0 unspecified atom stereocenters. The molecule has 4 rings (SSSR count). The molecule has 0 bridgehead atoms. The van der Waals surface area contributed by atoms with Crippen LogP contribution in [0.5, 0.6) is 0 Å². The van der Waals surface area contributed by atoms with E-state index in [2.05, 4.69) is 15.3 Å². The van der Waals surface area contributed by atoms with Gasteiger partial charge in [-0.1, -0.05) is 35.0 Å². The van der Waals surface area contributed by atoms with Gasteiger partial charge in [0.25, 0.3) is 5.56 Å². The van der Waals surface area contributed by atoms with E-state index >= 15 is 0 Å². The van der Waals surface area contributed by atoms with Crippen molar-refractivity contribution in [1.82, 2.24) is 19.8 Å². The lowest BCUT2D eigenvalue weighted by atomic mass is 10.2. The molecule has 7 nitrogen and oxygen atoms in total. The Balaban J connectivity index is 2.08. The van der Waals surface area contributed by atoms with Gasteiger partial charge in [0.05, 0.1) is 15.8 Å². The third-order valence-corrected chi connectivity index (χ3v) is 5.52. The van der Waals surface area contributed by atoms with Crippen LogP contribution >= 0.6 is 11.6 Å². The van der Waals surface area contributed by atoms with E-state index in [1.807, 2.05) is 0 Å². The van der Waals surface area contributed by atoms with Crippen molar-refractivity contribution in [2.24, 2.45) is 0 Å². The van der Waals surface area contributed by atoms with E-state index in [4.69, 9.17) is 11.6 Å². The fraction of sp³-hybridized carbons (Fsp3) is 0. The predicted molar refractivity (Wildman–Crippen MR) is 88.0 cm³/mol. The second kappa shape index (κ2) is 5.15. The lowest BCUT2D eigenvalue weighted by molar-refractivity contribution is 0.592. The smallest absolute Gasteiger partial charge is 0.259 e. The molecule has 0 aliphatic carbocycles. The number of fused-ring (bicyclic) bond motifs is 3. The first-order chi connectivity index (χ1) is 11.5. The Morgan fingerprint density at radius 1 is 1.08 bits per heavy atom. The number of aromatic nitrogens is 4. The number of nitrogens with one attached hydrogen (secondary N) is 1. The Bertz CT molecular complexity index is 1250. The van der Waals surface area contributed by atoms with Gasteiger partial charge < -0.3 is 4.98 Å². The number of nitrogens with zero attached hydrogens (tertiary/aromatic N) is 3. The van der Waals surface area contributed by atoms with E-state index in [0.29, 0.717) is 15.9 Å². The second-order valence-corrected chi connectivity index (χ2v) is 7.39. The molecule has 120 valence electrons. The standard InChI is InChI=1S/C15H9ClN4O3S/c16-9-6-7-12-11(8-9)14(21)17-13-15(18-19-20(12)13)24(22,23)10-4-2-1-3-5-10/h1-8H,(H,17,21). The number of rotatable bonds is 2. The van der Waals surface area contributed by atoms with Crippen LogP contribution in [0.4, 0.5) is 0 Å². The highest BCUT2D eigenvalue weighted by molar-refractivity contribution is 7.91. The van der Waals surface area contributed by atoms with Crippen LogP contribution in [-0.2, 0) is 9.84 Å². The molecule has 0 spiro atoms. The molecule has 2 aromatic heterocycles. The highest BCUT2D eigenvalue weighted by Crippen LogP contribution is 2.23. The Labute approximate surface area is 140 Å². The van der Waals surface area contributed by atoms with Crippen molar-refractivity contribution < 1.29 is 8.42 Å². The van der Waals surface area contributed by atoms with Gasteiger partial charge >= 0.3 is 0 Å². The molecular formula is C15H9ClN4O3S. The molecule has 9 heteroatoms. The summed E-state index contributed by atoms with van der Waals surface area (Å²) in [5.74, 6) is 0. The molecule has 1 N–H and O–H groups in total. The highest BCUT2D eigenvalue weighted by atomic mass is 35.5. The minimum absolute atomic E-state index is 0.0127. The average molecular weight is 361 g/mol. The van der Waals surface area contributed by atoms with E-state index in [-0.39, 0.29) is 15.6 Å². The Kier molecular flexibility index (Phi) is 3.19. The van der Waals surface area contributed by atoms with Gasteiger partial charge in [-0.25, -0.2) is 8.42 Å². The lowest BCUT2D eigenvalue weighted by Gasteiger charge is -2.03. The monoisotopic (exact) mass is 360 g/mol. The first-order valence-corrected chi connectivity index (χ1v) is 8.72. The normalized spacial score (nSPS) is 12.0. The predicted octanol–water partition coefficient (Wildman–Crippen LogP) is 2.06. The first-order valence-electron chi connectivity index (χ1n) is 6.85. The summed E-state index contributed by atoms with van der Waals surface area (Å²) in [6.07, 6.45) is 0. The highest BCUT2D eigenvalue weighted by Gasteiger charge is 2.26. The Hall–Kier alpha value is -2.71. The molecular weight excluding hydrogens is 352 g/mol. The molecule has 0 atom stereocenters. The zero-order chi connectivity index (χ0) is 16.9. The summed E-state index contributed by atoms with van der Waals surface area (Å²) >= 11 is 5.91. The minimum Gasteiger partial charge on any atom is -0.304 e. The lowest BCUT2D eigenvalue weighted by Crippen LogP contribution is -2.12. The number of sulfone groups is 1. The number of halogens is 1. The molecule has 0 aliphatic heterocycles. The minimum atomic E-state index is -3.91. The van der Waals surface area contributed by atoms with E-state index in [9.17, 15) is 13.2 Å². The fourth-order valence-corrected chi connectivity index (χ4v) is 3.93. The summed E-state index contributed by atoms with van der Waals surface area (Å²) in [5.41, 5.74) is -0.0364. The van der Waals surface area contributed by atoms with Crippen molar-refractivity contribution in [3.63, 3.8) is 0 Å². The zero-order valence-corrected chi connectivity index (χ0v) is 13.5. The summed E-state index contributed by atoms with van der Waals surface area (Å²) in [4.78, 5) is 14.9. The number of hydrogen-bond acceptors (Lipinski definition) is 5. The maximum atomic E-state index is 12.8. The molecule has 2 aromatic carbocycles. The van der Waals surface area contributed by atoms with Crippen LogP contribution in [0.3, 0.4) is 0 Å². The third-order valence-electron chi connectivity index (χ3n) is 3.61. The summed E-state index contributed by atoms with van der Waals surface area (Å²) in [6.45, 7) is 0. The Morgan fingerprint density at radius 3 is 2.58 bits per heavy atom. The van der Waals surface area contributed by atoms with Gasteiger partial charge in [0.2, 0.25) is 14.9 Å².